The first-order chi connectivity index (χ1) is 5.13. The molecule has 1 heterocycles. The first-order valence-electron chi connectivity index (χ1n) is 3.84. The molecule has 1 rings (SSSR count). The van der Waals surface area contributed by atoms with Crippen LogP contribution in [0.5, 0.6) is 0 Å². The predicted molar refractivity (Wildman–Crippen MR) is 38.9 cm³/mol. The molecule has 4 heteroatoms. The Morgan fingerprint density at radius 3 is 2.55 bits per heavy atom. The van der Waals surface area contributed by atoms with E-state index in [1.54, 1.807) is 0 Å². The van der Waals surface area contributed by atoms with Crippen molar-refractivity contribution in [3.05, 3.63) is 0 Å². The molecule has 66 valence electrons. The third kappa shape index (κ3) is 1.89. The molecule has 0 aromatic rings. The van der Waals surface area contributed by atoms with E-state index in [1.807, 2.05) is 0 Å². The summed E-state index contributed by atoms with van der Waals surface area (Å²) < 4.78 is 12.7. The van der Waals surface area contributed by atoms with Crippen molar-refractivity contribution in [1.82, 2.24) is 5.32 Å². The lowest BCUT2D eigenvalue weighted by molar-refractivity contribution is -0.0543. The van der Waals surface area contributed by atoms with Crippen molar-refractivity contribution in [2.45, 2.75) is 25.3 Å². The van der Waals surface area contributed by atoms with Gasteiger partial charge >= 0.3 is 0 Å². The Labute approximate surface area is 65.2 Å². The highest BCUT2D eigenvalue weighted by atomic mass is 19.1. The minimum Gasteiger partial charge on any atom is -0.390 e. The van der Waals surface area contributed by atoms with E-state index < -0.39 is 24.3 Å². The third-order valence-electron chi connectivity index (χ3n) is 2.16. The average Bonchev–Trinajstić information content (AvgIpc) is 1.94. The lowest BCUT2D eigenvalue weighted by atomic mass is 9.91. The van der Waals surface area contributed by atoms with Crippen molar-refractivity contribution >= 4 is 0 Å². The van der Waals surface area contributed by atoms with E-state index in [9.17, 15) is 9.50 Å². The molecule has 3 N–H and O–H groups in total. The van der Waals surface area contributed by atoms with Gasteiger partial charge in [-0.3, -0.25) is 0 Å². The second-order valence-corrected chi connectivity index (χ2v) is 3.06. The molecule has 0 aromatic carbocycles. The largest absolute Gasteiger partial charge is 0.390 e. The van der Waals surface area contributed by atoms with Crippen molar-refractivity contribution in [1.29, 1.82) is 0 Å². The normalized spacial score (nSPS) is 42.0. The number of halogens is 1. The van der Waals surface area contributed by atoms with E-state index in [1.165, 1.54) is 6.92 Å². The van der Waals surface area contributed by atoms with Gasteiger partial charge in [0.1, 0.15) is 6.17 Å². The molecule has 0 bridgehead atoms. The quantitative estimate of drug-likeness (QED) is 0.478. The summed E-state index contributed by atoms with van der Waals surface area (Å²) in [5.41, 5.74) is 0. The summed E-state index contributed by atoms with van der Waals surface area (Å²) in [5.74, 6) is -0.473. The van der Waals surface area contributed by atoms with Crippen LogP contribution in [0.3, 0.4) is 0 Å². The van der Waals surface area contributed by atoms with Crippen LogP contribution in [0.15, 0.2) is 0 Å². The number of aliphatic hydroxyl groups is 2. The van der Waals surface area contributed by atoms with Gasteiger partial charge in [0.2, 0.25) is 0 Å². The molecular formula is C7H14FNO2. The van der Waals surface area contributed by atoms with Gasteiger partial charge in [0.25, 0.3) is 0 Å². The Balaban J connectivity index is 2.51. The fraction of sp³-hybridized carbons (Fsp3) is 1.00. The van der Waals surface area contributed by atoms with Gasteiger partial charge in [0, 0.05) is 19.0 Å². The van der Waals surface area contributed by atoms with E-state index in [0.29, 0.717) is 13.1 Å². The number of piperidine rings is 1. The molecule has 1 saturated heterocycles. The molecule has 0 saturated carbocycles. The van der Waals surface area contributed by atoms with Crippen LogP contribution >= 0.6 is 0 Å². The highest BCUT2D eigenvalue weighted by Crippen LogP contribution is 2.17. The number of β-amino-alcohol motifs (C(OH)–C–C–N with tert-alkyl or cyclic N) is 1. The second kappa shape index (κ2) is 3.47. The van der Waals surface area contributed by atoms with Crippen LogP contribution in [0.1, 0.15) is 6.92 Å². The Morgan fingerprint density at radius 1 is 1.45 bits per heavy atom. The monoisotopic (exact) mass is 163 g/mol. The number of hydrogen-bond donors (Lipinski definition) is 3. The second-order valence-electron chi connectivity index (χ2n) is 3.06. The van der Waals surface area contributed by atoms with Gasteiger partial charge in [0.15, 0.2) is 0 Å². The maximum Gasteiger partial charge on any atom is 0.104 e. The van der Waals surface area contributed by atoms with Crippen molar-refractivity contribution in [3.8, 4) is 0 Å². The van der Waals surface area contributed by atoms with E-state index in [4.69, 9.17) is 5.11 Å². The first kappa shape index (κ1) is 8.90. The standard InChI is InChI=1S/C7H14FNO2/c1-4(8)5-2-9-3-6(10)7(5)11/h4-7,9-11H,2-3H2,1H3/t4?,5-,6?,7+/m0/s1. The molecule has 1 fully saturated rings. The summed E-state index contributed by atoms with van der Waals surface area (Å²) in [6.45, 7) is 2.19. The fourth-order valence-electron chi connectivity index (χ4n) is 1.36. The summed E-state index contributed by atoms with van der Waals surface area (Å²) in [6.07, 6.45) is -2.82. The fourth-order valence-corrected chi connectivity index (χ4v) is 1.36. The summed E-state index contributed by atoms with van der Waals surface area (Å²) in [5, 5.41) is 21.2. The van der Waals surface area contributed by atoms with Crippen LogP contribution in [0.4, 0.5) is 4.39 Å². The lowest BCUT2D eigenvalue weighted by Crippen LogP contribution is -2.52. The Bertz CT molecular complexity index is 132. The van der Waals surface area contributed by atoms with Gasteiger partial charge in [-0.25, -0.2) is 4.39 Å². The van der Waals surface area contributed by atoms with Crippen LogP contribution in [-0.4, -0.2) is 41.7 Å². The Morgan fingerprint density at radius 2 is 2.09 bits per heavy atom. The first-order valence-corrected chi connectivity index (χ1v) is 3.84. The van der Waals surface area contributed by atoms with Crippen LogP contribution in [0.25, 0.3) is 0 Å². The minimum atomic E-state index is -1.08. The van der Waals surface area contributed by atoms with Crippen LogP contribution in [-0.2, 0) is 0 Å². The third-order valence-corrected chi connectivity index (χ3v) is 2.16. The van der Waals surface area contributed by atoms with Gasteiger partial charge in [-0.2, -0.15) is 0 Å². The van der Waals surface area contributed by atoms with Crippen LogP contribution < -0.4 is 5.32 Å². The van der Waals surface area contributed by atoms with Gasteiger partial charge in [0.05, 0.1) is 12.2 Å². The molecule has 3 nitrogen and oxygen atoms in total. The molecule has 2 unspecified atom stereocenters. The molecule has 0 spiro atoms. The maximum atomic E-state index is 12.7. The Kier molecular flexibility index (Phi) is 2.81. The van der Waals surface area contributed by atoms with E-state index >= 15 is 0 Å². The summed E-state index contributed by atoms with van der Waals surface area (Å²) in [4.78, 5) is 0. The van der Waals surface area contributed by atoms with E-state index in [0.717, 1.165) is 0 Å². The lowest BCUT2D eigenvalue weighted by Gasteiger charge is -2.33. The van der Waals surface area contributed by atoms with E-state index in [-0.39, 0.29) is 0 Å². The highest BCUT2D eigenvalue weighted by molar-refractivity contribution is 4.86. The number of hydrogen-bond acceptors (Lipinski definition) is 3. The number of alkyl halides is 1. The predicted octanol–water partition coefficient (Wildman–Crippen LogP) is -0.714. The molecule has 11 heavy (non-hydrogen) atoms. The zero-order valence-electron chi connectivity index (χ0n) is 6.50. The van der Waals surface area contributed by atoms with Gasteiger partial charge < -0.3 is 15.5 Å². The van der Waals surface area contributed by atoms with Gasteiger partial charge in [-0.05, 0) is 6.92 Å². The molecule has 0 aromatic heterocycles. The van der Waals surface area contributed by atoms with E-state index in [2.05, 4.69) is 5.32 Å². The molecule has 0 radical (unpaired) electrons. The maximum absolute atomic E-state index is 12.7. The molecule has 0 aliphatic carbocycles. The Hall–Kier alpha value is -0.190. The number of aliphatic hydroxyl groups excluding tert-OH is 2. The van der Waals surface area contributed by atoms with Crippen molar-refractivity contribution in [3.63, 3.8) is 0 Å². The van der Waals surface area contributed by atoms with Gasteiger partial charge in [-0.15, -0.1) is 0 Å². The SMILES string of the molecule is CC(F)[C@@H]1CNCC(O)[C@@H]1O. The number of nitrogens with one attached hydrogen (secondary N) is 1. The molecule has 1 aliphatic rings. The topological polar surface area (TPSA) is 52.5 Å². The summed E-state index contributed by atoms with van der Waals surface area (Å²) in [6, 6.07) is 0. The van der Waals surface area contributed by atoms with Crippen molar-refractivity contribution in [2.24, 2.45) is 5.92 Å². The van der Waals surface area contributed by atoms with Crippen LogP contribution in [0, 0.1) is 5.92 Å². The molecule has 0 amide bonds. The molecular weight excluding hydrogens is 149 g/mol. The smallest absolute Gasteiger partial charge is 0.104 e. The number of rotatable bonds is 1. The average molecular weight is 163 g/mol. The minimum absolute atomic E-state index is 0.352. The van der Waals surface area contributed by atoms with Gasteiger partial charge in [-0.1, -0.05) is 0 Å². The van der Waals surface area contributed by atoms with Crippen molar-refractivity contribution in [2.75, 3.05) is 13.1 Å². The molecule has 4 atom stereocenters. The highest BCUT2D eigenvalue weighted by Gasteiger charge is 2.33. The van der Waals surface area contributed by atoms with Crippen LogP contribution in [0.2, 0.25) is 0 Å². The zero-order chi connectivity index (χ0) is 8.43. The zero-order valence-corrected chi connectivity index (χ0v) is 6.50. The molecule has 1 aliphatic heterocycles. The van der Waals surface area contributed by atoms with Crippen molar-refractivity contribution < 1.29 is 14.6 Å². The summed E-state index contributed by atoms with van der Waals surface area (Å²) in [7, 11) is 0. The summed E-state index contributed by atoms with van der Waals surface area (Å²) >= 11 is 0.